The van der Waals surface area contributed by atoms with E-state index in [9.17, 15) is 5.11 Å². The van der Waals surface area contributed by atoms with E-state index in [0.29, 0.717) is 0 Å². The van der Waals surface area contributed by atoms with E-state index in [1.807, 2.05) is 49.4 Å². The number of aromatic nitrogens is 1. The number of hydrogen-bond donors (Lipinski definition) is 1. The second kappa shape index (κ2) is 5.43. The first-order valence-corrected chi connectivity index (χ1v) is 6.84. The van der Waals surface area contributed by atoms with Crippen molar-refractivity contribution in [2.24, 2.45) is 0 Å². The maximum atomic E-state index is 10.7. The molecule has 2 atom stereocenters. The van der Waals surface area contributed by atoms with Gasteiger partial charge >= 0.3 is 0 Å². The Morgan fingerprint density at radius 3 is 2.45 bits per heavy atom. The Morgan fingerprint density at radius 1 is 0.900 bits per heavy atom. The van der Waals surface area contributed by atoms with Crippen molar-refractivity contribution in [2.75, 3.05) is 0 Å². The SMILES string of the molecule is CC(c1ccccn1)C(O)c1cccc2ccccc12. The first-order valence-electron chi connectivity index (χ1n) is 6.84. The largest absolute Gasteiger partial charge is 0.388 e. The Balaban J connectivity index is 2.03. The van der Waals surface area contributed by atoms with Crippen LogP contribution in [0.4, 0.5) is 0 Å². The second-order valence-corrected chi connectivity index (χ2v) is 5.06. The van der Waals surface area contributed by atoms with Crippen LogP contribution in [-0.2, 0) is 0 Å². The van der Waals surface area contributed by atoms with Gasteiger partial charge in [0.05, 0.1) is 6.10 Å². The monoisotopic (exact) mass is 263 g/mol. The minimum atomic E-state index is -0.559. The summed E-state index contributed by atoms with van der Waals surface area (Å²) in [5.41, 5.74) is 1.87. The third kappa shape index (κ3) is 2.30. The van der Waals surface area contributed by atoms with Crippen LogP contribution in [0.5, 0.6) is 0 Å². The summed E-state index contributed by atoms with van der Waals surface area (Å²) in [7, 11) is 0. The van der Waals surface area contributed by atoms with E-state index in [0.717, 1.165) is 22.0 Å². The quantitative estimate of drug-likeness (QED) is 0.772. The van der Waals surface area contributed by atoms with Gasteiger partial charge in [-0.3, -0.25) is 4.98 Å². The van der Waals surface area contributed by atoms with Crippen molar-refractivity contribution in [1.29, 1.82) is 0 Å². The van der Waals surface area contributed by atoms with Crippen molar-refractivity contribution < 1.29 is 5.11 Å². The molecule has 0 aliphatic rings. The fraction of sp³-hybridized carbons (Fsp3) is 0.167. The van der Waals surface area contributed by atoms with E-state index in [1.165, 1.54) is 0 Å². The van der Waals surface area contributed by atoms with Gasteiger partial charge in [0.2, 0.25) is 0 Å². The van der Waals surface area contributed by atoms with E-state index in [1.54, 1.807) is 6.20 Å². The summed E-state index contributed by atoms with van der Waals surface area (Å²) in [4.78, 5) is 4.35. The molecule has 0 amide bonds. The second-order valence-electron chi connectivity index (χ2n) is 5.06. The molecular formula is C18H17NO. The van der Waals surface area contributed by atoms with Gasteiger partial charge in [-0.1, -0.05) is 55.5 Å². The molecule has 1 heterocycles. The highest BCUT2D eigenvalue weighted by atomic mass is 16.3. The van der Waals surface area contributed by atoms with Crippen LogP contribution in [0.2, 0.25) is 0 Å². The van der Waals surface area contributed by atoms with Crippen molar-refractivity contribution in [1.82, 2.24) is 4.98 Å². The van der Waals surface area contributed by atoms with Crippen molar-refractivity contribution in [3.05, 3.63) is 78.1 Å². The minimum Gasteiger partial charge on any atom is -0.388 e. The van der Waals surface area contributed by atoms with Gasteiger partial charge in [-0.2, -0.15) is 0 Å². The predicted molar refractivity (Wildman–Crippen MR) is 81.6 cm³/mol. The lowest BCUT2D eigenvalue weighted by Gasteiger charge is -2.20. The molecule has 0 aliphatic carbocycles. The summed E-state index contributed by atoms with van der Waals surface area (Å²) in [5.74, 6) is -0.0398. The van der Waals surface area contributed by atoms with Crippen molar-refractivity contribution in [3.63, 3.8) is 0 Å². The van der Waals surface area contributed by atoms with E-state index < -0.39 is 6.10 Å². The van der Waals surface area contributed by atoms with Crippen molar-refractivity contribution >= 4 is 10.8 Å². The topological polar surface area (TPSA) is 33.1 Å². The van der Waals surface area contributed by atoms with Gasteiger partial charge in [-0.25, -0.2) is 0 Å². The molecule has 3 rings (SSSR count). The summed E-state index contributed by atoms with van der Waals surface area (Å²) in [5, 5.41) is 13.0. The molecule has 3 aromatic rings. The first kappa shape index (κ1) is 12.8. The molecular weight excluding hydrogens is 246 g/mol. The molecule has 0 saturated heterocycles. The third-order valence-corrected chi connectivity index (χ3v) is 3.77. The summed E-state index contributed by atoms with van der Waals surface area (Å²) in [6.07, 6.45) is 1.21. The molecule has 100 valence electrons. The van der Waals surface area contributed by atoms with Gasteiger partial charge < -0.3 is 5.11 Å². The van der Waals surface area contributed by atoms with Gasteiger partial charge in [-0.05, 0) is 28.5 Å². The Kier molecular flexibility index (Phi) is 3.48. The normalized spacial score (nSPS) is 14.1. The maximum Gasteiger partial charge on any atom is 0.0876 e. The number of fused-ring (bicyclic) bond motifs is 1. The lowest BCUT2D eigenvalue weighted by molar-refractivity contribution is 0.151. The van der Waals surface area contributed by atoms with E-state index in [-0.39, 0.29) is 5.92 Å². The molecule has 2 unspecified atom stereocenters. The molecule has 0 fully saturated rings. The predicted octanol–water partition coefficient (Wildman–Crippen LogP) is 4.07. The highest BCUT2D eigenvalue weighted by Gasteiger charge is 2.20. The van der Waals surface area contributed by atoms with Crippen LogP contribution in [0.15, 0.2) is 66.9 Å². The smallest absolute Gasteiger partial charge is 0.0876 e. The van der Waals surface area contributed by atoms with Crippen LogP contribution in [-0.4, -0.2) is 10.1 Å². The van der Waals surface area contributed by atoms with Crippen LogP contribution >= 0.6 is 0 Å². The summed E-state index contributed by atoms with van der Waals surface area (Å²) < 4.78 is 0. The zero-order valence-electron chi connectivity index (χ0n) is 11.4. The highest BCUT2D eigenvalue weighted by molar-refractivity contribution is 5.86. The van der Waals surface area contributed by atoms with E-state index in [2.05, 4.69) is 23.2 Å². The minimum absolute atomic E-state index is 0.0398. The summed E-state index contributed by atoms with van der Waals surface area (Å²) in [6.45, 7) is 2.01. The zero-order valence-corrected chi connectivity index (χ0v) is 11.4. The molecule has 2 nitrogen and oxygen atoms in total. The third-order valence-electron chi connectivity index (χ3n) is 3.77. The maximum absolute atomic E-state index is 10.7. The van der Waals surface area contributed by atoms with Crippen LogP contribution < -0.4 is 0 Å². The van der Waals surface area contributed by atoms with Crippen molar-refractivity contribution in [2.45, 2.75) is 18.9 Å². The molecule has 2 heteroatoms. The molecule has 0 radical (unpaired) electrons. The lowest BCUT2D eigenvalue weighted by atomic mass is 9.91. The van der Waals surface area contributed by atoms with Crippen LogP contribution in [0, 0.1) is 0 Å². The molecule has 1 aromatic heterocycles. The Bertz CT molecular complexity index is 703. The number of pyridine rings is 1. The Morgan fingerprint density at radius 2 is 1.65 bits per heavy atom. The van der Waals surface area contributed by atoms with Gasteiger partial charge in [-0.15, -0.1) is 0 Å². The number of aliphatic hydroxyl groups excluding tert-OH is 1. The van der Waals surface area contributed by atoms with Crippen LogP contribution in [0.1, 0.15) is 30.2 Å². The number of aliphatic hydroxyl groups is 1. The molecule has 0 spiro atoms. The number of rotatable bonds is 3. The number of benzene rings is 2. The zero-order chi connectivity index (χ0) is 13.9. The molecule has 20 heavy (non-hydrogen) atoms. The summed E-state index contributed by atoms with van der Waals surface area (Å²) >= 11 is 0. The van der Waals surface area contributed by atoms with Crippen LogP contribution in [0.25, 0.3) is 10.8 Å². The molecule has 0 saturated carbocycles. The van der Waals surface area contributed by atoms with Gasteiger partial charge in [0.25, 0.3) is 0 Å². The fourth-order valence-corrected chi connectivity index (χ4v) is 2.58. The lowest BCUT2D eigenvalue weighted by Crippen LogP contribution is -2.09. The van der Waals surface area contributed by atoms with Gasteiger partial charge in [0, 0.05) is 17.8 Å². The molecule has 0 aliphatic heterocycles. The fourth-order valence-electron chi connectivity index (χ4n) is 2.58. The van der Waals surface area contributed by atoms with Crippen molar-refractivity contribution in [3.8, 4) is 0 Å². The van der Waals surface area contributed by atoms with Crippen LogP contribution in [0.3, 0.4) is 0 Å². The molecule has 1 N–H and O–H groups in total. The van der Waals surface area contributed by atoms with Gasteiger partial charge in [0.15, 0.2) is 0 Å². The molecule has 2 aromatic carbocycles. The standard InChI is InChI=1S/C18H17NO/c1-13(17-11-4-5-12-19-17)18(20)16-10-6-8-14-7-2-3-9-15(14)16/h2-13,18,20H,1H3. The van der Waals surface area contributed by atoms with E-state index in [4.69, 9.17) is 0 Å². The first-order chi connectivity index (χ1) is 9.77. The Labute approximate surface area is 118 Å². The summed E-state index contributed by atoms with van der Waals surface area (Å²) in [6, 6.07) is 20.0. The number of nitrogens with zero attached hydrogens (tertiary/aromatic N) is 1. The molecule has 0 bridgehead atoms. The van der Waals surface area contributed by atoms with E-state index >= 15 is 0 Å². The average molecular weight is 263 g/mol. The van der Waals surface area contributed by atoms with Gasteiger partial charge in [0.1, 0.15) is 0 Å². The Hall–Kier alpha value is -2.19. The highest BCUT2D eigenvalue weighted by Crippen LogP contribution is 2.33. The number of hydrogen-bond acceptors (Lipinski definition) is 2. The average Bonchev–Trinajstić information content (AvgIpc) is 2.54.